The molecule has 8 rings (SSSR count). The topological polar surface area (TPSA) is 218 Å². The molecular formula is C51H59FN4O12. The van der Waals surface area contributed by atoms with Gasteiger partial charge in [0.25, 0.3) is 11.8 Å². The zero-order chi connectivity index (χ0) is 49.2. The van der Waals surface area contributed by atoms with Crippen molar-refractivity contribution in [2.75, 3.05) is 32.2 Å². The van der Waals surface area contributed by atoms with Crippen LogP contribution in [-0.2, 0) is 49.5 Å². The van der Waals surface area contributed by atoms with Crippen LogP contribution in [0.4, 0.5) is 10.1 Å². The maximum Gasteiger partial charge on any atom is 0.253 e. The van der Waals surface area contributed by atoms with Gasteiger partial charge in [-0.25, -0.2) is 4.39 Å². The van der Waals surface area contributed by atoms with Crippen LogP contribution in [0.3, 0.4) is 0 Å². The molecule has 0 aromatic heterocycles. The number of halogens is 1. The molecule has 3 saturated carbocycles. The summed E-state index contributed by atoms with van der Waals surface area (Å²) >= 11 is 0. The number of amides is 5. The summed E-state index contributed by atoms with van der Waals surface area (Å²) in [5.74, 6) is -3.76. The normalized spacial score (nSPS) is 33.2. The van der Waals surface area contributed by atoms with Gasteiger partial charge in [-0.2, -0.15) is 0 Å². The van der Waals surface area contributed by atoms with Crippen molar-refractivity contribution in [2.24, 2.45) is 28.1 Å². The number of hydrogen-bond acceptors (Lipinski definition) is 12. The molecule has 17 heteroatoms. The van der Waals surface area contributed by atoms with E-state index in [1.807, 2.05) is 57.2 Å². The minimum absolute atomic E-state index is 0.0699. The highest BCUT2D eigenvalue weighted by Gasteiger charge is 2.78. The van der Waals surface area contributed by atoms with Crippen molar-refractivity contribution >= 4 is 46.8 Å². The quantitative estimate of drug-likeness (QED) is 0.200. The van der Waals surface area contributed by atoms with Crippen LogP contribution in [0.5, 0.6) is 5.75 Å². The molecule has 1 saturated heterocycles. The Balaban J connectivity index is 0.905. The number of aliphatic hydroxyl groups excluding tert-OH is 2. The van der Waals surface area contributed by atoms with Gasteiger partial charge in [0.2, 0.25) is 17.7 Å². The molecule has 0 spiro atoms. The van der Waals surface area contributed by atoms with Crippen molar-refractivity contribution in [3.63, 3.8) is 0 Å². The maximum absolute atomic E-state index is 16.2. The highest BCUT2D eigenvalue weighted by atomic mass is 19.1. The van der Waals surface area contributed by atoms with E-state index < -0.39 is 106 Å². The Morgan fingerprint density at radius 3 is 2.28 bits per heavy atom. The minimum atomic E-state index is -1.61. The number of carbonyl (C=O) groups is 7. The number of alkyl halides is 1. The lowest BCUT2D eigenvalue weighted by Crippen LogP contribution is -2.68. The fraction of sp³-hybridized carbons (Fsp3) is 0.510. The summed E-state index contributed by atoms with van der Waals surface area (Å²) in [6.07, 6.45) is 3.48. The number of fused-ring (bicyclic) bond motifs is 7. The van der Waals surface area contributed by atoms with Crippen LogP contribution in [0.2, 0.25) is 0 Å². The van der Waals surface area contributed by atoms with Gasteiger partial charge in [0.1, 0.15) is 30.6 Å². The summed E-state index contributed by atoms with van der Waals surface area (Å²) in [6.45, 7) is 7.78. The number of nitrogens with one attached hydrogen (secondary N) is 2. The monoisotopic (exact) mass is 938 g/mol. The van der Waals surface area contributed by atoms with Crippen LogP contribution in [0.1, 0.15) is 83.3 Å². The number of methoxy groups -OCH3 is 1. The molecule has 2 heterocycles. The summed E-state index contributed by atoms with van der Waals surface area (Å²) in [5.41, 5.74) is -1.17. The van der Waals surface area contributed by atoms with E-state index in [1.54, 1.807) is 19.2 Å². The third kappa shape index (κ3) is 7.71. The maximum atomic E-state index is 16.2. The number of aliphatic hydroxyl groups is 2. The van der Waals surface area contributed by atoms with Gasteiger partial charge in [-0.1, -0.05) is 57.2 Å². The summed E-state index contributed by atoms with van der Waals surface area (Å²) in [6, 6.07) is 10.9. The van der Waals surface area contributed by atoms with Crippen LogP contribution >= 0.6 is 0 Å². The van der Waals surface area contributed by atoms with Crippen molar-refractivity contribution in [2.45, 2.75) is 109 Å². The zero-order valence-corrected chi connectivity index (χ0v) is 39.2. The van der Waals surface area contributed by atoms with Gasteiger partial charge in [0.05, 0.1) is 25.0 Å². The number of nitrogens with zero attached hydrogens (tertiary/aromatic N) is 2. The van der Waals surface area contributed by atoms with Crippen molar-refractivity contribution in [3.8, 4) is 5.75 Å². The van der Waals surface area contributed by atoms with Gasteiger partial charge < -0.3 is 40.0 Å². The lowest BCUT2D eigenvalue weighted by atomic mass is 9.39. The number of hydrogen-bond donors (Lipinski definition) is 4. The Morgan fingerprint density at radius 1 is 0.941 bits per heavy atom. The van der Waals surface area contributed by atoms with E-state index in [0.717, 1.165) is 28.2 Å². The highest BCUT2D eigenvalue weighted by molar-refractivity contribution is 6.13. The van der Waals surface area contributed by atoms with E-state index in [-0.39, 0.29) is 37.5 Å². The Bertz CT molecular complexity index is 2530. The van der Waals surface area contributed by atoms with Crippen molar-refractivity contribution in [1.29, 1.82) is 0 Å². The number of carbonyl (C=O) groups excluding carboxylic acids is 7. The SMILES string of the molecule is COc1cc(Cc2ccc([C@@H]3O[C@@H]4C[C@H]5[C@@H]6C[C@H](F)C7=CC(=O)C=C[C@]7(C)[C@@]6(C)[C@@H](O)C[C@]5(C)[C@]4(C(=O)CO)O3)cc2)ccc1N(C)C(=O)[C@H](C)NC(=O)[C@H](C)NC(=O)CCN1C(=O)C=CC1=O. The predicted octanol–water partition coefficient (Wildman–Crippen LogP) is 3.51. The van der Waals surface area contributed by atoms with Crippen LogP contribution in [0, 0.1) is 28.1 Å². The molecule has 4 aliphatic carbocycles. The fourth-order valence-corrected chi connectivity index (χ4v) is 12.3. The zero-order valence-electron chi connectivity index (χ0n) is 39.2. The second-order valence-electron chi connectivity index (χ2n) is 19.8. The summed E-state index contributed by atoms with van der Waals surface area (Å²) in [5, 5.41) is 27.7. The molecule has 4 N–H and O–H groups in total. The van der Waals surface area contributed by atoms with E-state index in [0.29, 0.717) is 35.4 Å². The second-order valence-corrected chi connectivity index (χ2v) is 19.8. The smallest absolute Gasteiger partial charge is 0.253 e. The van der Waals surface area contributed by atoms with E-state index in [1.165, 1.54) is 38.0 Å². The predicted molar refractivity (Wildman–Crippen MR) is 243 cm³/mol. The van der Waals surface area contributed by atoms with Crippen molar-refractivity contribution < 1.29 is 62.4 Å². The van der Waals surface area contributed by atoms with Gasteiger partial charge in [-0.3, -0.25) is 38.5 Å². The number of Topliss-reactive ketones (excluding diaryl/α,β-unsaturated/α-hetero) is 1. The molecule has 0 bridgehead atoms. The molecular weight excluding hydrogens is 880 g/mol. The van der Waals surface area contributed by atoms with E-state index >= 15 is 4.39 Å². The largest absolute Gasteiger partial charge is 0.495 e. The standard InChI is InChI=1S/C51H59FN4O12/c1-27(53-42(61)17-19-56-43(62)14-15-44(56)63)45(64)54-28(2)46(65)55(6)37-13-10-30(21-38(37)66-7)20-29-8-11-31(12-9-29)47-67-41-24-33-34-23-36(52)35-22-32(58)16-18-48(35,3)50(34,5)39(59)25-49(33,4)51(41,68-47)40(60)26-57/h8-16,18,21-22,27-28,33-34,36,39,41,47,57,59H,17,19-20,23-26H2,1-7H3,(H,53,61)(H,54,64)/t27-,28-,33-,34-,36-,39-,41+,47+,48-,49-,50+,51+/m0/s1. The molecule has 2 aliphatic heterocycles. The number of rotatable bonds is 14. The molecule has 2 aromatic rings. The average Bonchev–Trinajstić information content (AvgIpc) is 3.94. The van der Waals surface area contributed by atoms with Gasteiger partial charge in [-0.15, -0.1) is 0 Å². The molecule has 16 nitrogen and oxygen atoms in total. The van der Waals surface area contributed by atoms with E-state index in [2.05, 4.69) is 10.6 Å². The van der Waals surface area contributed by atoms with Crippen LogP contribution in [0.15, 0.2) is 78.4 Å². The summed E-state index contributed by atoms with van der Waals surface area (Å²) in [7, 11) is 3.03. The molecule has 6 aliphatic rings. The number of anilines is 1. The van der Waals surface area contributed by atoms with E-state index in [9.17, 15) is 43.8 Å². The first-order valence-corrected chi connectivity index (χ1v) is 23.0. The molecule has 5 amide bonds. The fourth-order valence-electron chi connectivity index (χ4n) is 12.3. The minimum Gasteiger partial charge on any atom is -0.495 e. The molecule has 2 aromatic carbocycles. The number of ether oxygens (including phenoxy) is 3. The lowest BCUT2D eigenvalue weighted by Gasteiger charge is -2.66. The first kappa shape index (κ1) is 48.6. The van der Waals surface area contributed by atoms with Crippen LogP contribution in [0.25, 0.3) is 0 Å². The van der Waals surface area contributed by atoms with Gasteiger partial charge in [0, 0.05) is 54.0 Å². The number of allylic oxidation sites excluding steroid dienone is 4. The third-order valence-electron chi connectivity index (χ3n) is 16.2. The Morgan fingerprint density at radius 2 is 1.62 bits per heavy atom. The molecule has 4 fully saturated rings. The number of ketones is 2. The summed E-state index contributed by atoms with van der Waals surface area (Å²) < 4.78 is 35.2. The van der Waals surface area contributed by atoms with Crippen molar-refractivity contribution in [3.05, 3.63) is 95.1 Å². The number of benzene rings is 2. The van der Waals surface area contributed by atoms with E-state index in [4.69, 9.17) is 14.2 Å². The molecule has 0 unspecified atom stereocenters. The molecule has 68 heavy (non-hydrogen) atoms. The first-order valence-electron chi connectivity index (χ1n) is 23.0. The number of imide groups is 1. The van der Waals surface area contributed by atoms with Crippen molar-refractivity contribution in [1.82, 2.24) is 15.5 Å². The molecule has 12 atom stereocenters. The first-order chi connectivity index (χ1) is 32.1. The van der Waals surface area contributed by atoms with Gasteiger partial charge in [-0.05, 0) is 92.4 Å². The lowest BCUT2D eigenvalue weighted by molar-refractivity contribution is -0.226. The Hall–Kier alpha value is -5.88. The summed E-state index contributed by atoms with van der Waals surface area (Å²) in [4.78, 5) is 91.1. The third-order valence-corrected chi connectivity index (χ3v) is 16.2. The van der Waals surface area contributed by atoms with Crippen LogP contribution < -0.4 is 20.3 Å². The average molecular weight is 939 g/mol. The van der Waals surface area contributed by atoms with Crippen LogP contribution in [-0.4, -0.2) is 120 Å². The van der Waals surface area contributed by atoms with Gasteiger partial charge >= 0.3 is 0 Å². The second kappa shape index (κ2) is 17.9. The van der Waals surface area contributed by atoms with Gasteiger partial charge in [0.15, 0.2) is 23.5 Å². The molecule has 362 valence electrons. The molecule has 0 radical (unpaired) electrons. The highest BCUT2D eigenvalue weighted by Crippen LogP contribution is 2.74. The Kier molecular flexibility index (Phi) is 12.8. The number of likely N-dealkylation sites (N-methyl/N-ethyl adjacent to an activating group) is 1. The Labute approximate surface area is 393 Å².